The number of rotatable bonds is 21. The second kappa shape index (κ2) is 21.6. The SMILES string of the molecule is CCCCCCCCCCCCC(=O)OC[C@@H](O)COC(=O)CCCCCCC. The molecular formula is C24H46O5. The summed E-state index contributed by atoms with van der Waals surface area (Å²) in [5.74, 6) is -0.580. The Morgan fingerprint density at radius 2 is 0.897 bits per heavy atom. The lowest BCUT2D eigenvalue weighted by atomic mass is 10.1. The first kappa shape index (κ1) is 27.9. The van der Waals surface area contributed by atoms with Gasteiger partial charge in [-0.15, -0.1) is 0 Å². The Kier molecular flexibility index (Phi) is 20.8. The fourth-order valence-corrected chi connectivity index (χ4v) is 3.20. The number of unbranched alkanes of at least 4 members (excludes halogenated alkanes) is 13. The molecule has 0 radical (unpaired) electrons. The van der Waals surface area contributed by atoms with E-state index in [1.165, 1.54) is 57.8 Å². The summed E-state index contributed by atoms with van der Waals surface area (Å²) in [6, 6.07) is 0. The van der Waals surface area contributed by atoms with Gasteiger partial charge in [-0.05, 0) is 12.8 Å². The molecule has 0 amide bonds. The molecule has 0 bridgehead atoms. The van der Waals surface area contributed by atoms with Gasteiger partial charge in [0.05, 0.1) is 0 Å². The summed E-state index contributed by atoms with van der Waals surface area (Å²) in [6.45, 7) is 4.16. The molecule has 0 rings (SSSR count). The normalized spacial score (nSPS) is 12.0. The van der Waals surface area contributed by atoms with Crippen LogP contribution in [0.5, 0.6) is 0 Å². The maximum Gasteiger partial charge on any atom is 0.305 e. The number of aliphatic hydroxyl groups excluding tert-OH is 1. The maximum atomic E-state index is 11.7. The summed E-state index contributed by atoms with van der Waals surface area (Å²) in [7, 11) is 0. The van der Waals surface area contributed by atoms with Gasteiger partial charge in [-0.3, -0.25) is 9.59 Å². The van der Waals surface area contributed by atoms with Crippen molar-refractivity contribution in [3.8, 4) is 0 Å². The van der Waals surface area contributed by atoms with E-state index in [2.05, 4.69) is 13.8 Å². The number of carbonyl (C=O) groups excluding carboxylic acids is 2. The summed E-state index contributed by atoms with van der Waals surface area (Å²) < 4.78 is 10.1. The highest BCUT2D eigenvalue weighted by atomic mass is 16.6. The van der Waals surface area contributed by atoms with Crippen LogP contribution in [-0.4, -0.2) is 36.4 Å². The van der Waals surface area contributed by atoms with Gasteiger partial charge in [0.1, 0.15) is 19.3 Å². The fraction of sp³-hybridized carbons (Fsp3) is 0.917. The van der Waals surface area contributed by atoms with E-state index < -0.39 is 6.10 Å². The van der Waals surface area contributed by atoms with Gasteiger partial charge in [0.2, 0.25) is 0 Å². The molecule has 0 fully saturated rings. The van der Waals surface area contributed by atoms with Crippen LogP contribution in [0.4, 0.5) is 0 Å². The van der Waals surface area contributed by atoms with Crippen LogP contribution in [0.1, 0.15) is 123 Å². The van der Waals surface area contributed by atoms with Crippen LogP contribution < -0.4 is 0 Å². The molecule has 1 atom stereocenters. The predicted molar refractivity (Wildman–Crippen MR) is 118 cm³/mol. The Morgan fingerprint density at radius 3 is 1.24 bits per heavy atom. The Hall–Kier alpha value is -1.10. The van der Waals surface area contributed by atoms with E-state index in [-0.39, 0.29) is 25.2 Å². The minimum Gasteiger partial charge on any atom is -0.463 e. The van der Waals surface area contributed by atoms with E-state index in [0.29, 0.717) is 12.8 Å². The molecule has 0 saturated carbocycles. The molecule has 5 heteroatoms. The lowest BCUT2D eigenvalue weighted by Gasteiger charge is -2.12. The number of aliphatic hydroxyl groups is 1. The Labute approximate surface area is 178 Å². The summed E-state index contributed by atoms with van der Waals surface area (Å²) >= 11 is 0. The monoisotopic (exact) mass is 414 g/mol. The zero-order valence-electron chi connectivity index (χ0n) is 19.1. The molecule has 0 aromatic heterocycles. The molecule has 29 heavy (non-hydrogen) atoms. The van der Waals surface area contributed by atoms with Gasteiger partial charge >= 0.3 is 11.9 Å². The molecule has 0 heterocycles. The molecule has 0 unspecified atom stereocenters. The number of ether oxygens (including phenoxy) is 2. The van der Waals surface area contributed by atoms with Crippen LogP contribution in [0.15, 0.2) is 0 Å². The van der Waals surface area contributed by atoms with Crippen LogP contribution in [0.2, 0.25) is 0 Å². The van der Waals surface area contributed by atoms with Crippen LogP contribution >= 0.6 is 0 Å². The van der Waals surface area contributed by atoms with Crippen molar-refractivity contribution in [2.75, 3.05) is 13.2 Å². The van der Waals surface area contributed by atoms with Gasteiger partial charge in [0.15, 0.2) is 0 Å². The van der Waals surface area contributed by atoms with Gasteiger partial charge in [-0.2, -0.15) is 0 Å². The first-order valence-corrected chi connectivity index (χ1v) is 12.1. The molecule has 0 aliphatic heterocycles. The molecule has 0 aromatic carbocycles. The zero-order chi connectivity index (χ0) is 21.6. The third-order valence-corrected chi connectivity index (χ3v) is 5.09. The van der Waals surface area contributed by atoms with Crippen LogP contribution in [-0.2, 0) is 19.1 Å². The van der Waals surface area contributed by atoms with Gasteiger partial charge in [-0.25, -0.2) is 0 Å². The maximum absolute atomic E-state index is 11.7. The van der Waals surface area contributed by atoms with Crippen molar-refractivity contribution in [2.45, 2.75) is 129 Å². The molecular weight excluding hydrogens is 368 g/mol. The molecule has 0 aromatic rings. The van der Waals surface area contributed by atoms with E-state index in [1.54, 1.807) is 0 Å². The fourth-order valence-electron chi connectivity index (χ4n) is 3.20. The smallest absolute Gasteiger partial charge is 0.305 e. The third-order valence-electron chi connectivity index (χ3n) is 5.09. The van der Waals surface area contributed by atoms with Crippen molar-refractivity contribution < 1.29 is 24.2 Å². The second-order valence-electron chi connectivity index (χ2n) is 8.12. The molecule has 5 nitrogen and oxygen atoms in total. The van der Waals surface area contributed by atoms with Crippen LogP contribution in [0.3, 0.4) is 0 Å². The minimum atomic E-state index is -0.948. The van der Waals surface area contributed by atoms with Gasteiger partial charge in [0, 0.05) is 12.8 Å². The average molecular weight is 415 g/mol. The van der Waals surface area contributed by atoms with Crippen molar-refractivity contribution in [1.82, 2.24) is 0 Å². The van der Waals surface area contributed by atoms with E-state index in [9.17, 15) is 14.7 Å². The quantitative estimate of drug-likeness (QED) is 0.181. The van der Waals surface area contributed by atoms with Crippen molar-refractivity contribution in [3.05, 3.63) is 0 Å². The molecule has 0 saturated heterocycles. The summed E-state index contributed by atoms with van der Waals surface area (Å²) in [5, 5.41) is 9.78. The van der Waals surface area contributed by atoms with Crippen LogP contribution in [0, 0.1) is 0 Å². The molecule has 0 spiro atoms. The third kappa shape index (κ3) is 21.4. The molecule has 172 valence electrons. The zero-order valence-corrected chi connectivity index (χ0v) is 19.1. The predicted octanol–water partition coefficient (Wildman–Crippen LogP) is 6.11. The highest BCUT2D eigenvalue weighted by Crippen LogP contribution is 2.11. The Morgan fingerprint density at radius 1 is 0.586 bits per heavy atom. The standard InChI is InChI=1S/C24H46O5/c1-3-5-7-9-10-11-12-13-15-17-19-24(27)29-21-22(25)20-28-23(26)18-16-14-8-6-4-2/h22,25H,3-21H2,1-2H3/t22-/m0/s1. The number of hydrogen-bond donors (Lipinski definition) is 1. The van der Waals surface area contributed by atoms with Crippen molar-refractivity contribution in [3.63, 3.8) is 0 Å². The molecule has 0 aliphatic carbocycles. The first-order chi connectivity index (χ1) is 14.1. The van der Waals surface area contributed by atoms with Crippen LogP contribution in [0.25, 0.3) is 0 Å². The largest absolute Gasteiger partial charge is 0.463 e. The number of hydrogen-bond acceptors (Lipinski definition) is 5. The number of carbonyl (C=O) groups is 2. The lowest BCUT2D eigenvalue weighted by Crippen LogP contribution is -2.25. The van der Waals surface area contributed by atoms with Gasteiger partial charge < -0.3 is 14.6 Å². The van der Waals surface area contributed by atoms with Crippen molar-refractivity contribution in [1.29, 1.82) is 0 Å². The van der Waals surface area contributed by atoms with Gasteiger partial charge in [-0.1, -0.05) is 97.3 Å². The summed E-state index contributed by atoms with van der Waals surface area (Å²) in [4.78, 5) is 23.3. The van der Waals surface area contributed by atoms with E-state index >= 15 is 0 Å². The van der Waals surface area contributed by atoms with E-state index in [1.807, 2.05) is 0 Å². The number of esters is 2. The second-order valence-corrected chi connectivity index (χ2v) is 8.12. The summed E-state index contributed by atoms with van der Waals surface area (Å²) in [5.41, 5.74) is 0. The van der Waals surface area contributed by atoms with Gasteiger partial charge in [0.25, 0.3) is 0 Å². The topological polar surface area (TPSA) is 72.8 Å². The minimum absolute atomic E-state index is 0.111. The Bertz CT molecular complexity index is 383. The summed E-state index contributed by atoms with van der Waals surface area (Å²) in [6.07, 6.45) is 17.4. The highest BCUT2D eigenvalue weighted by Gasteiger charge is 2.12. The average Bonchev–Trinajstić information content (AvgIpc) is 2.72. The van der Waals surface area contributed by atoms with E-state index in [0.717, 1.165) is 38.5 Å². The molecule has 0 aliphatic rings. The Balaban J connectivity index is 3.45. The first-order valence-electron chi connectivity index (χ1n) is 12.1. The molecule has 1 N–H and O–H groups in total. The van der Waals surface area contributed by atoms with Crippen molar-refractivity contribution in [2.24, 2.45) is 0 Å². The van der Waals surface area contributed by atoms with Crippen molar-refractivity contribution >= 4 is 11.9 Å². The van der Waals surface area contributed by atoms with E-state index in [4.69, 9.17) is 9.47 Å². The highest BCUT2D eigenvalue weighted by molar-refractivity contribution is 5.69. The lowest BCUT2D eigenvalue weighted by molar-refractivity contribution is -0.152.